The van der Waals surface area contributed by atoms with Crippen molar-refractivity contribution in [3.05, 3.63) is 41.1 Å². The Labute approximate surface area is 172 Å². The van der Waals surface area contributed by atoms with Gasteiger partial charge in [-0.15, -0.1) is 11.6 Å². The summed E-state index contributed by atoms with van der Waals surface area (Å²) in [5, 5.41) is -0.479. The van der Waals surface area contributed by atoms with Gasteiger partial charge in [0.15, 0.2) is 5.82 Å². The Balaban J connectivity index is 1.93. The first-order valence-electron chi connectivity index (χ1n) is 9.91. The van der Waals surface area contributed by atoms with Gasteiger partial charge in [-0.25, -0.2) is 9.97 Å². The van der Waals surface area contributed by atoms with Crippen LogP contribution in [0.1, 0.15) is 43.5 Å². The average Bonchev–Trinajstić information content (AvgIpc) is 2.67. The summed E-state index contributed by atoms with van der Waals surface area (Å²) in [6.45, 7) is 13.0. The molecule has 2 aromatic rings. The van der Waals surface area contributed by atoms with Gasteiger partial charge in [-0.05, 0) is 26.7 Å². The van der Waals surface area contributed by atoms with Crippen LogP contribution in [0.2, 0.25) is 0 Å². The van der Waals surface area contributed by atoms with Crippen LogP contribution in [0.3, 0.4) is 0 Å². The molecule has 0 saturated carbocycles. The standard InChI is InChI=1S/C22H29ClN4O/c1-14(2)19-17(5)24-20(18-8-6-15(3)7-9-18)25-21(19)26-10-12-27(13-11-26)22(28)16(4)23/h6-9,14,16H,10-13H2,1-5H3. The van der Waals surface area contributed by atoms with Crippen LogP contribution in [-0.4, -0.2) is 52.3 Å². The summed E-state index contributed by atoms with van der Waals surface area (Å²) in [6.07, 6.45) is 0. The molecule has 0 spiro atoms. The maximum absolute atomic E-state index is 12.2. The fraction of sp³-hybridized carbons (Fsp3) is 0.500. The Morgan fingerprint density at radius 3 is 2.14 bits per heavy atom. The number of amides is 1. The minimum Gasteiger partial charge on any atom is -0.353 e. The van der Waals surface area contributed by atoms with Crippen LogP contribution in [0.25, 0.3) is 11.4 Å². The second-order valence-corrected chi connectivity index (χ2v) is 8.47. The van der Waals surface area contributed by atoms with E-state index in [1.165, 1.54) is 11.1 Å². The van der Waals surface area contributed by atoms with Gasteiger partial charge in [-0.1, -0.05) is 43.7 Å². The molecule has 150 valence electrons. The lowest BCUT2D eigenvalue weighted by Crippen LogP contribution is -2.51. The van der Waals surface area contributed by atoms with Crippen molar-refractivity contribution >= 4 is 23.3 Å². The Kier molecular flexibility index (Phi) is 6.23. The van der Waals surface area contributed by atoms with Crippen LogP contribution in [0.15, 0.2) is 24.3 Å². The highest BCUT2D eigenvalue weighted by Gasteiger charge is 2.27. The first kappa shape index (κ1) is 20.6. The number of hydrogen-bond acceptors (Lipinski definition) is 4. The number of piperazine rings is 1. The van der Waals surface area contributed by atoms with Crippen LogP contribution in [0, 0.1) is 13.8 Å². The Bertz CT molecular complexity index is 840. The van der Waals surface area contributed by atoms with Gasteiger partial charge in [-0.3, -0.25) is 4.79 Å². The molecule has 5 nitrogen and oxygen atoms in total. The fourth-order valence-electron chi connectivity index (χ4n) is 3.71. The largest absolute Gasteiger partial charge is 0.353 e. The molecule has 1 aliphatic rings. The molecule has 2 heterocycles. The number of rotatable bonds is 4. The number of nitrogens with zero attached hydrogens (tertiary/aromatic N) is 4. The monoisotopic (exact) mass is 400 g/mol. The summed E-state index contributed by atoms with van der Waals surface area (Å²) >= 11 is 5.98. The van der Waals surface area contributed by atoms with Gasteiger partial charge in [0.1, 0.15) is 11.2 Å². The van der Waals surface area contributed by atoms with E-state index < -0.39 is 5.38 Å². The van der Waals surface area contributed by atoms with Crippen LogP contribution in [-0.2, 0) is 4.79 Å². The van der Waals surface area contributed by atoms with E-state index in [-0.39, 0.29) is 5.91 Å². The number of alkyl halides is 1. The molecule has 0 aliphatic carbocycles. The molecule has 1 amide bonds. The maximum atomic E-state index is 12.2. The zero-order valence-electron chi connectivity index (χ0n) is 17.4. The highest BCUT2D eigenvalue weighted by Crippen LogP contribution is 2.31. The molecule has 0 bridgehead atoms. The first-order chi connectivity index (χ1) is 13.3. The van der Waals surface area contributed by atoms with E-state index in [0.29, 0.717) is 19.0 Å². The van der Waals surface area contributed by atoms with Gasteiger partial charge in [0.25, 0.3) is 0 Å². The number of carbonyl (C=O) groups excluding carboxylic acids is 1. The first-order valence-corrected chi connectivity index (χ1v) is 10.3. The Morgan fingerprint density at radius 2 is 1.61 bits per heavy atom. The maximum Gasteiger partial charge on any atom is 0.240 e. The molecule has 28 heavy (non-hydrogen) atoms. The highest BCUT2D eigenvalue weighted by atomic mass is 35.5. The summed E-state index contributed by atoms with van der Waals surface area (Å²) in [7, 11) is 0. The smallest absolute Gasteiger partial charge is 0.240 e. The topological polar surface area (TPSA) is 49.3 Å². The van der Waals surface area contributed by atoms with Crippen molar-refractivity contribution in [1.82, 2.24) is 14.9 Å². The normalized spacial score (nSPS) is 15.8. The molecule has 0 radical (unpaired) electrons. The Morgan fingerprint density at radius 1 is 1.00 bits per heavy atom. The second kappa shape index (κ2) is 8.48. The molecule has 0 N–H and O–H groups in total. The number of aromatic nitrogens is 2. The highest BCUT2D eigenvalue weighted by molar-refractivity contribution is 6.30. The van der Waals surface area contributed by atoms with E-state index >= 15 is 0 Å². The molecule has 1 saturated heterocycles. The molecular formula is C22H29ClN4O. The second-order valence-electron chi connectivity index (χ2n) is 7.82. The lowest BCUT2D eigenvalue weighted by Gasteiger charge is -2.37. The SMILES string of the molecule is Cc1ccc(-c2nc(C)c(C(C)C)c(N3CCN(C(=O)C(C)Cl)CC3)n2)cc1. The van der Waals surface area contributed by atoms with Crippen LogP contribution < -0.4 is 4.90 Å². The van der Waals surface area contributed by atoms with Crippen molar-refractivity contribution in [2.24, 2.45) is 0 Å². The number of anilines is 1. The molecule has 1 unspecified atom stereocenters. The van der Waals surface area contributed by atoms with E-state index in [1.807, 2.05) is 4.90 Å². The summed E-state index contributed by atoms with van der Waals surface area (Å²) < 4.78 is 0. The molecule has 1 fully saturated rings. The number of halogens is 1. The molecule has 1 aliphatic heterocycles. The average molecular weight is 401 g/mol. The van der Waals surface area contributed by atoms with Crippen LogP contribution >= 0.6 is 11.6 Å². The third-order valence-corrected chi connectivity index (χ3v) is 5.42. The minimum absolute atomic E-state index is 0.00427. The van der Waals surface area contributed by atoms with Crippen molar-refractivity contribution in [2.75, 3.05) is 31.1 Å². The minimum atomic E-state index is -0.479. The fourth-order valence-corrected chi connectivity index (χ4v) is 3.84. The van der Waals surface area contributed by atoms with Gasteiger partial charge in [0.2, 0.25) is 5.91 Å². The van der Waals surface area contributed by atoms with Crippen molar-refractivity contribution < 1.29 is 4.79 Å². The van der Waals surface area contributed by atoms with Gasteiger partial charge >= 0.3 is 0 Å². The summed E-state index contributed by atoms with van der Waals surface area (Å²) in [4.78, 5) is 26.1. The predicted molar refractivity (Wildman–Crippen MR) is 115 cm³/mol. The lowest BCUT2D eigenvalue weighted by molar-refractivity contribution is -0.130. The summed E-state index contributed by atoms with van der Waals surface area (Å²) in [6, 6.07) is 8.31. The van der Waals surface area contributed by atoms with Gasteiger partial charge < -0.3 is 9.80 Å². The zero-order chi connectivity index (χ0) is 20.4. The molecular weight excluding hydrogens is 372 g/mol. The zero-order valence-corrected chi connectivity index (χ0v) is 18.1. The van der Waals surface area contributed by atoms with E-state index in [2.05, 4.69) is 56.9 Å². The Hall–Kier alpha value is -2.14. The number of aryl methyl sites for hydroxylation is 2. The quantitative estimate of drug-likeness (QED) is 0.723. The van der Waals surface area contributed by atoms with E-state index in [4.69, 9.17) is 21.6 Å². The van der Waals surface area contributed by atoms with Gasteiger partial charge in [0.05, 0.1) is 0 Å². The predicted octanol–water partition coefficient (Wildman–Crippen LogP) is 4.16. The van der Waals surface area contributed by atoms with E-state index in [1.54, 1.807) is 6.92 Å². The van der Waals surface area contributed by atoms with Crippen LogP contribution in [0.5, 0.6) is 0 Å². The third kappa shape index (κ3) is 4.30. The van der Waals surface area contributed by atoms with Crippen molar-refractivity contribution in [2.45, 2.75) is 45.9 Å². The number of benzene rings is 1. The molecule has 6 heteroatoms. The molecule has 1 aromatic heterocycles. The van der Waals surface area contributed by atoms with Crippen LogP contribution in [0.4, 0.5) is 5.82 Å². The number of carbonyl (C=O) groups is 1. The molecule has 1 atom stereocenters. The summed E-state index contributed by atoms with van der Waals surface area (Å²) in [5.41, 5.74) is 4.44. The van der Waals surface area contributed by atoms with E-state index in [0.717, 1.165) is 36.0 Å². The molecule has 3 rings (SSSR count). The van der Waals surface area contributed by atoms with E-state index in [9.17, 15) is 4.79 Å². The third-order valence-electron chi connectivity index (χ3n) is 5.23. The van der Waals surface area contributed by atoms with Gasteiger partial charge in [0, 0.05) is 43.0 Å². The molecule has 1 aromatic carbocycles. The lowest BCUT2D eigenvalue weighted by atomic mass is 10.0. The van der Waals surface area contributed by atoms with Gasteiger partial charge in [-0.2, -0.15) is 0 Å². The van der Waals surface area contributed by atoms with Crippen molar-refractivity contribution in [3.8, 4) is 11.4 Å². The number of hydrogen-bond donors (Lipinski definition) is 0. The van der Waals surface area contributed by atoms with Crippen molar-refractivity contribution in [1.29, 1.82) is 0 Å². The summed E-state index contributed by atoms with van der Waals surface area (Å²) in [5.74, 6) is 2.07. The van der Waals surface area contributed by atoms with Crippen molar-refractivity contribution in [3.63, 3.8) is 0 Å².